The van der Waals surface area contributed by atoms with Crippen LogP contribution in [0.15, 0.2) is 30.3 Å². The molecule has 1 fully saturated rings. The molecule has 7 heteroatoms. The number of amides is 1. The van der Waals surface area contributed by atoms with Crippen LogP contribution in [0.5, 0.6) is 5.75 Å². The van der Waals surface area contributed by atoms with Crippen LogP contribution >= 0.6 is 0 Å². The van der Waals surface area contributed by atoms with Gasteiger partial charge in [-0.25, -0.2) is 4.68 Å². The van der Waals surface area contributed by atoms with Gasteiger partial charge < -0.3 is 20.1 Å². The minimum Gasteiger partial charge on any atom is -0.494 e. The number of nitrogens with zero attached hydrogens (tertiary/aromatic N) is 3. The molecular weight excluding hydrogens is 284 g/mol. The van der Waals surface area contributed by atoms with Crippen molar-refractivity contribution >= 4 is 11.7 Å². The van der Waals surface area contributed by atoms with Gasteiger partial charge in [0.1, 0.15) is 17.3 Å². The molecule has 0 radical (unpaired) electrons. The highest BCUT2D eigenvalue weighted by Crippen LogP contribution is 2.24. The molecule has 3 rings (SSSR count). The summed E-state index contributed by atoms with van der Waals surface area (Å²) in [5.41, 5.74) is 7.04. The third-order valence-corrected chi connectivity index (χ3v) is 3.57. The Labute approximate surface area is 128 Å². The van der Waals surface area contributed by atoms with E-state index in [0.29, 0.717) is 49.3 Å². The first-order valence-electron chi connectivity index (χ1n) is 7.06. The van der Waals surface area contributed by atoms with Crippen LogP contribution < -0.4 is 10.5 Å². The van der Waals surface area contributed by atoms with Crippen molar-refractivity contribution < 1.29 is 14.3 Å². The maximum absolute atomic E-state index is 12.5. The van der Waals surface area contributed by atoms with Gasteiger partial charge in [0, 0.05) is 19.2 Å². The molecule has 2 heterocycles. The highest BCUT2D eigenvalue weighted by atomic mass is 16.5. The van der Waals surface area contributed by atoms with Crippen molar-refractivity contribution in [2.45, 2.75) is 0 Å². The minimum absolute atomic E-state index is 0.136. The number of rotatable bonds is 3. The molecule has 0 aliphatic carbocycles. The molecule has 2 aromatic rings. The topological polar surface area (TPSA) is 82.6 Å². The van der Waals surface area contributed by atoms with E-state index >= 15 is 0 Å². The highest BCUT2D eigenvalue weighted by molar-refractivity contribution is 5.93. The van der Waals surface area contributed by atoms with Crippen molar-refractivity contribution in [3.05, 3.63) is 36.0 Å². The minimum atomic E-state index is -0.136. The number of hydrogen-bond acceptors (Lipinski definition) is 5. The Morgan fingerprint density at radius 1 is 1.32 bits per heavy atom. The molecule has 7 nitrogen and oxygen atoms in total. The van der Waals surface area contributed by atoms with Crippen LogP contribution in [0.25, 0.3) is 5.69 Å². The number of nitrogen functional groups attached to an aromatic ring is 1. The van der Waals surface area contributed by atoms with Gasteiger partial charge >= 0.3 is 0 Å². The zero-order valence-corrected chi connectivity index (χ0v) is 12.4. The van der Waals surface area contributed by atoms with E-state index in [1.165, 1.54) is 4.68 Å². The summed E-state index contributed by atoms with van der Waals surface area (Å²) in [6.45, 7) is 2.24. The van der Waals surface area contributed by atoms with Gasteiger partial charge in [-0.3, -0.25) is 4.79 Å². The number of methoxy groups -OCH3 is 1. The van der Waals surface area contributed by atoms with Gasteiger partial charge in [-0.05, 0) is 12.1 Å². The van der Waals surface area contributed by atoms with Gasteiger partial charge in [0.15, 0.2) is 5.69 Å². The Kier molecular flexibility index (Phi) is 3.97. The van der Waals surface area contributed by atoms with Crippen LogP contribution in [0, 0.1) is 0 Å². The fourth-order valence-corrected chi connectivity index (χ4v) is 2.43. The zero-order chi connectivity index (χ0) is 15.5. The summed E-state index contributed by atoms with van der Waals surface area (Å²) in [4.78, 5) is 14.2. The van der Waals surface area contributed by atoms with Gasteiger partial charge in [-0.2, -0.15) is 5.10 Å². The molecule has 1 aliphatic heterocycles. The molecule has 0 bridgehead atoms. The van der Waals surface area contributed by atoms with Crippen molar-refractivity contribution in [2.24, 2.45) is 0 Å². The maximum Gasteiger partial charge on any atom is 0.274 e. The fourth-order valence-electron chi connectivity index (χ4n) is 2.43. The Morgan fingerprint density at radius 2 is 2.05 bits per heavy atom. The molecule has 1 aromatic heterocycles. The van der Waals surface area contributed by atoms with E-state index in [4.69, 9.17) is 15.2 Å². The number of aromatic nitrogens is 2. The number of morpholine rings is 1. The summed E-state index contributed by atoms with van der Waals surface area (Å²) >= 11 is 0. The number of carbonyl (C=O) groups excluding carboxylic acids is 1. The second-order valence-corrected chi connectivity index (χ2v) is 4.94. The third kappa shape index (κ3) is 2.62. The average molecular weight is 302 g/mol. The predicted octanol–water partition coefficient (Wildman–Crippen LogP) is 0.935. The first-order valence-corrected chi connectivity index (χ1v) is 7.06. The summed E-state index contributed by atoms with van der Waals surface area (Å²) in [5, 5.41) is 4.34. The van der Waals surface area contributed by atoms with E-state index < -0.39 is 0 Å². The van der Waals surface area contributed by atoms with E-state index in [1.54, 1.807) is 18.1 Å². The molecule has 0 unspecified atom stereocenters. The molecule has 116 valence electrons. The number of anilines is 1. The van der Waals surface area contributed by atoms with Crippen LogP contribution in [-0.2, 0) is 4.74 Å². The Bertz CT molecular complexity index is 677. The number of hydrogen-bond donors (Lipinski definition) is 1. The summed E-state index contributed by atoms with van der Waals surface area (Å²) < 4.78 is 12.1. The molecule has 1 aliphatic rings. The molecule has 0 spiro atoms. The number of ether oxygens (including phenoxy) is 2. The first kappa shape index (κ1) is 14.4. The highest BCUT2D eigenvalue weighted by Gasteiger charge is 2.22. The van der Waals surface area contributed by atoms with Gasteiger partial charge in [-0.15, -0.1) is 0 Å². The van der Waals surface area contributed by atoms with Crippen molar-refractivity contribution in [1.29, 1.82) is 0 Å². The second kappa shape index (κ2) is 6.07. The SMILES string of the molecule is COc1ccccc1-n1nc(C(=O)N2CCOCC2)cc1N. The van der Waals surface area contributed by atoms with Gasteiger partial charge in [-0.1, -0.05) is 12.1 Å². The van der Waals surface area contributed by atoms with Crippen molar-refractivity contribution in [3.8, 4) is 11.4 Å². The molecule has 1 amide bonds. The molecule has 1 saturated heterocycles. The lowest BCUT2D eigenvalue weighted by atomic mass is 10.3. The monoisotopic (exact) mass is 302 g/mol. The van der Waals surface area contributed by atoms with Gasteiger partial charge in [0.2, 0.25) is 0 Å². The number of para-hydroxylation sites is 2. The standard InChI is InChI=1S/C15H18N4O3/c1-21-13-5-3-2-4-12(13)19-14(16)10-11(17-19)15(20)18-6-8-22-9-7-18/h2-5,10H,6-9,16H2,1H3. The van der Waals surface area contributed by atoms with E-state index in [1.807, 2.05) is 24.3 Å². The quantitative estimate of drug-likeness (QED) is 0.912. The van der Waals surface area contributed by atoms with Gasteiger partial charge in [0.05, 0.1) is 20.3 Å². The van der Waals surface area contributed by atoms with Crippen LogP contribution in [0.1, 0.15) is 10.5 Å². The average Bonchev–Trinajstić information content (AvgIpc) is 2.96. The number of nitrogens with two attached hydrogens (primary N) is 1. The maximum atomic E-state index is 12.5. The largest absolute Gasteiger partial charge is 0.494 e. The normalized spacial score (nSPS) is 14.9. The van der Waals surface area contributed by atoms with E-state index in [9.17, 15) is 4.79 Å². The van der Waals surface area contributed by atoms with Crippen molar-refractivity contribution in [2.75, 3.05) is 39.1 Å². The number of benzene rings is 1. The van der Waals surface area contributed by atoms with E-state index in [0.717, 1.165) is 0 Å². The molecule has 22 heavy (non-hydrogen) atoms. The second-order valence-electron chi connectivity index (χ2n) is 4.94. The van der Waals surface area contributed by atoms with E-state index in [2.05, 4.69) is 5.10 Å². The fraction of sp³-hybridized carbons (Fsp3) is 0.333. The summed E-state index contributed by atoms with van der Waals surface area (Å²) in [5.74, 6) is 0.896. The molecule has 2 N–H and O–H groups in total. The van der Waals surface area contributed by atoms with E-state index in [-0.39, 0.29) is 5.91 Å². The first-order chi connectivity index (χ1) is 10.7. The smallest absolute Gasteiger partial charge is 0.274 e. The summed E-state index contributed by atoms with van der Waals surface area (Å²) in [6, 6.07) is 8.97. The van der Waals surface area contributed by atoms with Crippen LogP contribution in [-0.4, -0.2) is 54.0 Å². The van der Waals surface area contributed by atoms with Crippen molar-refractivity contribution in [1.82, 2.24) is 14.7 Å². The molecule has 1 aromatic carbocycles. The summed E-state index contributed by atoms with van der Waals surface area (Å²) in [7, 11) is 1.58. The van der Waals surface area contributed by atoms with Crippen LogP contribution in [0.4, 0.5) is 5.82 Å². The van der Waals surface area contributed by atoms with Crippen molar-refractivity contribution in [3.63, 3.8) is 0 Å². The number of carbonyl (C=O) groups is 1. The lowest BCUT2D eigenvalue weighted by Crippen LogP contribution is -2.40. The predicted molar refractivity (Wildman–Crippen MR) is 81.3 cm³/mol. The Balaban J connectivity index is 1.92. The van der Waals surface area contributed by atoms with Crippen LogP contribution in [0.3, 0.4) is 0 Å². The third-order valence-electron chi connectivity index (χ3n) is 3.57. The summed E-state index contributed by atoms with van der Waals surface area (Å²) in [6.07, 6.45) is 0. The van der Waals surface area contributed by atoms with Gasteiger partial charge in [0.25, 0.3) is 5.91 Å². The Morgan fingerprint density at radius 3 is 2.77 bits per heavy atom. The Hall–Kier alpha value is -2.54. The van der Waals surface area contributed by atoms with Crippen LogP contribution in [0.2, 0.25) is 0 Å². The lowest BCUT2D eigenvalue weighted by molar-refractivity contribution is 0.0298. The lowest BCUT2D eigenvalue weighted by Gasteiger charge is -2.25. The zero-order valence-electron chi connectivity index (χ0n) is 12.4. The molecule has 0 atom stereocenters. The molecular formula is C15H18N4O3. The molecule has 0 saturated carbocycles.